The van der Waals surface area contributed by atoms with Crippen LogP contribution in [0.1, 0.15) is 25.7 Å². The lowest BCUT2D eigenvalue weighted by atomic mass is 10.1. The van der Waals surface area contributed by atoms with Gasteiger partial charge in [0.15, 0.2) is 5.75 Å². The Labute approximate surface area is 108 Å². The number of aliphatic carboxylic acids is 1. The maximum absolute atomic E-state index is 11.8. The first-order chi connectivity index (χ1) is 8.49. The second-order valence-corrected chi connectivity index (χ2v) is 7.02. The van der Waals surface area contributed by atoms with Crippen LogP contribution in [0.25, 0.3) is 0 Å². The fourth-order valence-electron chi connectivity index (χ4n) is 2.79. The maximum atomic E-state index is 11.8. The highest BCUT2D eigenvalue weighted by Crippen LogP contribution is 2.22. The van der Waals surface area contributed by atoms with Crippen molar-refractivity contribution in [2.75, 3.05) is 31.9 Å². The summed E-state index contributed by atoms with van der Waals surface area (Å²) in [5.74, 6) is -2.07. The van der Waals surface area contributed by atoms with Gasteiger partial charge in [0.25, 0.3) is 0 Å². The molecular weight excluding hydrogens is 256 g/mol. The van der Waals surface area contributed by atoms with E-state index >= 15 is 0 Å². The van der Waals surface area contributed by atoms with Gasteiger partial charge in [0, 0.05) is 19.1 Å². The van der Waals surface area contributed by atoms with Gasteiger partial charge in [-0.2, -0.15) is 4.31 Å². The van der Waals surface area contributed by atoms with Gasteiger partial charge in [-0.25, -0.2) is 8.42 Å². The number of rotatable bonds is 4. The van der Waals surface area contributed by atoms with Gasteiger partial charge in [-0.3, -0.25) is 9.69 Å². The van der Waals surface area contributed by atoms with Crippen molar-refractivity contribution in [2.45, 2.75) is 31.7 Å². The number of piperidine rings is 1. The Kier molecular flexibility index (Phi) is 4.24. The van der Waals surface area contributed by atoms with E-state index in [0.29, 0.717) is 13.1 Å². The van der Waals surface area contributed by atoms with Gasteiger partial charge in [-0.15, -0.1) is 0 Å². The van der Waals surface area contributed by atoms with Gasteiger partial charge in [-0.05, 0) is 32.4 Å². The molecule has 0 aromatic heterocycles. The van der Waals surface area contributed by atoms with Crippen LogP contribution in [0.15, 0.2) is 0 Å². The first-order valence-corrected chi connectivity index (χ1v) is 8.03. The average Bonchev–Trinajstić information content (AvgIpc) is 2.78. The molecule has 2 rings (SSSR count). The highest BCUT2D eigenvalue weighted by atomic mass is 32.2. The minimum absolute atomic E-state index is 0.272. The molecule has 2 aliphatic rings. The van der Waals surface area contributed by atoms with Gasteiger partial charge in [0.05, 0.1) is 0 Å². The van der Waals surface area contributed by atoms with Crippen LogP contribution in [0.4, 0.5) is 0 Å². The molecular formula is C11H20N2O4S. The average molecular weight is 276 g/mol. The zero-order chi connectivity index (χ0) is 13.2. The number of carboxylic acids is 1. The van der Waals surface area contributed by atoms with Crippen molar-refractivity contribution in [3.05, 3.63) is 0 Å². The Morgan fingerprint density at radius 1 is 1.17 bits per heavy atom. The van der Waals surface area contributed by atoms with Crippen molar-refractivity contribution in [2.24, 2.45) is 0 Å². The molecule has 0 radical (unpaired) electrons. The molecule has 6 nitrogen and oxygen atoms in total. The van der Waals surface area contributed by atoms with Crippen LogP contribution in [0.3, 0.4) is 0 Å². The lowest BCUT2D eigenvalue weighted by Gasteiger charge is -2.32. The van der Waals surface area contributed by atoms with Crippen molar-refractivity contribution >= 4 is 16.0 Å². The molecule has 104 valence electrons. The van der Waals surface area contributed by atoms with Crippen LogP contribution in [0.5, 0.6) is 0 Å². The Bertz CT molecular complexity index is 403. The van der Waals surface area contributed by atoms with Gasteiger partial charge in [0.1, 0.15) is 0 Å². The quantitative estimate of drug-likeness (QED) is 0.779. The molecule has 0 amide bonds. The summed E-state index contributed by atoms with van der Waals surface area (Å²) in [6.45, 7) is 2.99. The predicted octanol–water partition coefficient (Wildman–Crippen LogP) is -0.0390. The second kappa shape index (κ2) is 5.54. The second-order valence-electron chi connectivity index (χ2n) is 5.05. The largest absolute Gasteiger partial charge is 0.480 e. The Morgan fingerprint density at radius 2 is 1.83 bits per heavy atom. The van der Waals surface area contributed by atoms with Crippen molar-refractivity contribution < 1.29 is 18.3 Å². The number of sulfonamides is 1. The van der Waals surface area contributed by atoms with E-state index in [2.05, 4.69) is 4.90 Å². The van der Waals surface area contributed by atoms with Crippen LogP contribution >= 0.6 is 0 Å². The normalized spacial score (nSPS) is 27.4. The van der Waals surface area contributed by atoms with E-state index in [9.17, 15) is 13.2 Å². The van der Waals surface area contributed by atoms with Crippen molar-refractivity contribution in [3.63, 3.8) is 0 Å². The van der Waals surface area contributed by atoms with Crippen LogP contribution < -0.4 is 0 Å². The lowest BCUT2D eigenvalue weighted by Crippen LogP contribution is -2.42. The van der Waals surface area contributed by atoms with Gasteiger partial charge in [0.2, 0.25) is 10.0 Å². The van der Waals surface area contributed by atoms with Crippen LogP contribution in [-0.2, 0) is 14.8 Å². The number of carboxylic acid groups (broad SMARTS) is 1. The number of hydrogen-bond donors (Lipinski definition) is 1. The molecule has 0 saturated carbocycles. The molecule has 18 heavy (non-hydrogen) atoms. The molecule has 1 atom stereocenters. The highest BCUT2D eigenvalue weighted by Gasteiger charge is 2.35. The fraction of sp³-hybridized carbons (Fsp3) is 0.909. The van der Waals surface area contributed by atoms with Crippen molar-refractivity contribution in [1.29, 1.82) is 0 Å². The topological polar surface area (TPSA) is 77.9 Å². The lowest BCUT2D eigenvalue weighted by molar-refractivity contribution is -0.134. The minimum Gasteiger partial charge on any atom is -0.480 e. The minimum atomic E-state index is -3.62. The van der Waals surface area contributed by atoms with E-state index < -0.39 is 21.7 Å². The van der Waals surface area contributed by atoms with E-state index in [4.69, 9.17) is 5.11 Å². The smallest absolute Gasteiger partial charge is 0.320 e. The summed E-state index contributed by atoms with van der Waals surface area (Å²) < 4.78 is 24.9. The van der Waals surface area contributed by atoms with E-state index in [1.807, 2.05) is 0 Å². The maximum Gasteiger partial charge on any atom is 0.320 e. The predicted molar refractivity (Wildman–Crippen MR) is 66.8 cm³/mol. The van der Waals surface area contributed by atoms with E-state index in [1.165, 1.54) is 23.6 Å². The van der Waals surface area contributed by atoms with Crippen molar-refractivity contribution in [3.8, 4) is 0 Å². The first kappa shape index (κ1) is 13.8. The van der Waals surface area contributed by atoms with Crippen LogP contribution in [-0.4, -0.2) is 66.7 Å². The third-order valence-corrected chi connectivity index (χ3v) is 5.46. The molecule has 0 aliphatic carbocycles. The molecule has 2 fully saturated rings. The zero-order valence-electron chi connectivity index (χ0n) is 10.4. The summed E-state index contributed by atoms with van der Waals surface area (Å²) >= 11 is 0. The molecule has 0 spiro atoms. The molecule has 2 aliphatic heterocycles. The fourth-order valence-corrected chi connectivity index (χ4v) is 4.07. The summed E-state index contributed by atoms with van der Waals surface area (Å²) in [4.78, 5) is 12.9. The zero-order valence-corrected chi connectivity index (χ0v) is 11.2. The summed E-state index contributed by atoms with van der Waals surface area (Å²) in [6.07, 6.45) is 4.43. The third-order valence-electron chi connectivity index (χ3n) is 3.73. The molecule has 2 heterocycles. The van der Waals surface area contributed by atoms with Crippen LogP contribution in [0.2, 0.25) is 0 Å². The molecule has 1 N–H and O–H groups in total. The van der Waals surface area contributed by atoms with Gasteiger partial charge >= 0.3 is 5.97 Å². The first-order valence-electron chi connectivity index (χ1n) is 6.43. The molecule has 0 aromatic carbocycles. The van der Waals surface area contributed by atoms with Crippen LogP contribution in [0, 0.1) is 0 Å². The van der Waals surface area contributed by atoms with E-state index in [-0.39, 0.29) is 6.04 Å². The Morgan fingerprint density at radius 3 is 2.44 bits per heavy atom. The SMILES string of the molecule is O=C(O)CS(=O)(=O)N1CCC(N2CCCCC2)C1. The van der Waals surface area contributed by atoms with Gasteiger partial charge < -0.3 is 5.11 Å². The standard InChI is InChI=1S/C11H20N2O4S/c14-11(15)9-18(16,17)13-7-4-10(8-13)12-5-2-1-3-6-12/h10H,1-9H2,(H,14,15). The molecule has 0 aromatic rings. The molecule has 1 unspecified atom stereocenters. The van der Waals surface area contributed by atoms with E-state index in [1.54, 1.807) is 0 Å². The number of hydrogen-bond acceptors (Lipinski definition) is 4. The molecule has 2 saturated heterocycles. The molecule has 0 bridgehead atoms. The number of nitrogens with zero attached hydrogens (tertiary/aromatic N) is 2. The number of carbonyl (C=O) groups is 1. The van der Waals surface area contributed by atoms with Crippen molar-refractivity contribution in [1.82, 2.24) is 9.21 Å². The monoisotopic (exact) mass is 276 g/mol. The highest BCUT2D eigenvalue weighted by molar-refractivity contribution is 7.89. The Hall–Kier alpha value is -0.660. The number of likely N-dealkylation sites (tertiary alicyclic amines) is 1. The van der Waals surface area contributed by atoms with Gasteiger partial charge in [-0.1, -0.05) is 6.42 Å². The Balaban J connectivity index is 1.93. The third kappa shape index (κ3) is 3.21. The molecule has 7 heteroatoms. The summed E-state index contributed by atoms with van der Waals surface area (Å²) in [5, 5.41) is 8.61. The van der Waals surface area contributed by atoms with E-state index in [0.717, 1.165) is 19.5 Å². The summed E-state index contributed by atoms with van der Waals surface area (Å²) in [6, 6.07) is 0.272. The summed E-state index contributed by atoms with van der Waals surface area (Å²) in [5.41, 5.74) is 0. The summed E-state index contributed by atoms with van der Waals surface area (Å²) in [7, 11) is -3.62.